The lowest BCUT2D eigenvalue weighted by atomic mass is 10.1. The summed E-state index contributed by atoms with van der Waals surface area (Å²) in [6.07, 6.45) is -0.517. The summed E-state index contributed by atoms with van der Waals surface area (Å²) >= 11 is 0. The summed E-state index contributed by atoms with van der Waals surface area (Å²) in [5.74, 6) is 0.870. The monoisotopic (exact) mass is 383 g/mol. The molecule has 1 unspecified atom stereocenters. The van der Waals surface area contributed by atoms with E-state index in [1.807, 2.05) is 54.6 Å². The molecule has 3 nitrogen and oxygen atoms in total. The van der Waals surface area contributed by atoms with E-state index in [4.69, 9.17) is 4.74 Å². The first kappa shape index (κ1) is 21.0. The molecule has 0 aliphatic heterocycles. The molecule has 142 valence electrons. The second kappa shape index (κ2) is 10.7. The molecule has 0 fully saturated rings. The van der Waals surface area contributed by atoms with Gasteiger partial charge in [-0.2, -0.15) is 0 Å². The summed E-state index contributed by atoms with van der Waals surface area (Å²) in [5.41, 5.74) is 4.40. The average molecular weight is 384 g/mol. The highest BCUT2D eigenvalue weighted by atomic mass is 35.5. The van der Waals surface area contributed by atoms with E-state index >= 15 is 0 Å². The van der Waals surface area contributed by atoms with Crippen LogP contribution in [0, 0.1) is 6.92 Å². The van der Waals surface area contributed by atoms with Crippen molar-refractivity contribution in [2.75, 3.05) is 6.54 Å². The van der Waals surface area contributed by atoms with Gasteiger partial charge in [-0.25, -0.2) is 0 Å². The molecule has 0 amide bonds. The minimum atomic E-state index is -0.517. The minimum Gasteiger partial charge on any atom is -0.489 e. The maximum absolute atomic E-state index is 10.2. The van der Waals surface area contributed by atoms with Crippen LogP contribution >= 0.6 is 12.4 Å². The number of hydrogen-bond acceptors (Lipinski definition) is 3. The predicted octanol–water partition coefficient (Wildman–Crippen LogP) is 4.82. The number of para-hydroxylation sites is 1. The zero-order chi connectivity index (χ0) is 18.2. The number of hydrogen-bond donors (Lipinski definition) is 2. The molecule has 1 atom stereocenters. The first-order chi connectivity index (χ1) is 12.7. The van der Waals surface area contributed by atoms with Gasteiger partial charge in [0.1, 0.15) is 12.4 Å². The minimum absolute atomic E-state index is 0. The summed E-state index contributed by atoms with van der Waals surface area (Å²) in [6, 6.07) is 26.1. The number of aryl methyl sites for hydroxylation is 1. The van der Waals surface area contributed by atoms with Crippen molar-refractivity contribution in [2.24, 2.45) is 0 Å². The molecule has 0 heterocycles. The second-order valence-corrected chi connectivity index (χ2v) is 6.44. The van der Waals surface area contributed by atoms with Crippen molar-refractivity contribution in [3.63, 3.8) is 0 Å². The normalized spacial score (nSPS) is 11.5. The highest BCUT2D eigenvalue weighted by molar-refractivity contribution is 5.85. The zero-order valence-electron chi connectivity index (χ0n) is 15.5. The first-order valence-electron chi connectivity index (χ1n) is 8.92. The molecule has 0 spiro atoms. The van der Waals surface area contributed by atoms with E-state index in [0.29, 0.717) is 19.7 Å². The number of ether oxygens (including phenoxy) is 1. The van der Waals surface area contributed by atoms with Crippen molar-refractivity contribution in [1.29, 1.82) is 0 Å². The molecule has 0 saturated heterocycles. The fourth-order valence-corrected chi connectivity index (χ4v) is 2.77. The average Bonchev–Trinajstić information content (AvgIpc) is 2.69. The van der Waals surface area contributed by atoms with Gasteiger partial charge in [0.15, 0.2) is 0 Å². The molecule has 3 aromatic carbocycles. The largest absolute Gasteiger partial charge is 0.489 e. The van der Waals surface area contributed by atoms with Gasteiger partial charge in [-0.3, -0.25) is 0 Å². The summed E-state index contributed by atoms with van der Waals surface area (Å²) in [5, 5.41) is 13.6. The number of aliphatic hydroxyl groups is 1. The van der Waals surface area contributed by atoms with Gasteiger partial charge >= 0.3 is 0 Å². The van der Waals surface area contributed by atoms with Crippen LogP contribution in [0.5, 0.6) is 5.75 Å². The van der Waals surface area contributed by atoms with Gasteiger partial charge in [0.2, 0.25) is 0 Å². The lowest BCUT2D eigenvalue weighted by Crippen LogP contribution is -2.21. The Hall–Kier alpha value is -2.33. The fraction of sp³-hybridized carbons (Fsp3) is 0.217. The van der Waals surface area contributed by atoms with Crippen LogP contribution in [0.1, 0.15) is 28.4 Å². The van der Waals surface area contributed by atoms with Crippen molar-refractivity contribution in [2.45, 2.75) is 26.2 Å². The maximum Gasteiger partial charge on any atom is 0.124 e. The fourth-order valence-electron chi connectivity index (χ4n) is 2.77. The van der Waals surface area contributed by atoms with E-state index in [1.165, 1.54) is 5.56 Å². The van der Waals surface area contributed by atoms with Crippen LogP contribution in [0.15, 0.2) is 78.9 Å². The third-order valence-electron chi connectivity index (χ3n) is 4.33. The van der Waals surface area contributed by atoms with Crippen LogP contribution in [0.4, 0.5) is 0 Å². The second-order valence-electron chi connectivity index (χ2n) is 6.44. The van der Waals surface area contributed by atoms with Gasteiger partial charge in [0.25, 0.3) is 0 Å². The molecule has 3 rings (SSSR count). The number of benzene rings is 3. The van der Waals surface area contributed by atoms with Crippen LogP contribution in [-0.2, 0) is 13.2 Å². The van der Waals surface area contributed by atoms with E-state index in [2.05, 4.69) is 36.5 Å². The summed E-state index contributed by atoms with van der Waals surface area (Å²) in [6.45, 7) is 3.77. The Morgan fingerprint density at radius 2 is 1.56 bits per heavy atom. The van der Waals surface area contributed by atoms with Crippen LogP contribution < -0.4 is 10.1 Å². The summed E-state index contributed by atoms with van der Waals surface area (Å²) in [4.78, 5) is 0. The van der Waals surface area contributed by atoms with Crippen LogP contribution in [0.3, 0.4) is 0 Å². The van der Waals surface area contributed by atoms with Crippen molar-refractivity contribution in [3.8, 4) is 5.75 Å². The van der Waals surface area contributed by atoms with E-state index < -0.39 is 6.10 Å². The standard InChI is InChI=1S/C23H25NO2.ClH/c1-18-11-13-19(14-12-18)17-26-23-10-6-5-9-21(23)15-24-16-22(25)20-7-3-2-4-8-20;/h2-14,22,24-25H,15-17H2,1H3;1H. The third kappa shape index (κ3) is 6.40. The Bertz CT molecular complexity index is 806. The summed E-state index contributed by atoms with van der Waals surface area (Å²) < 4.78 is 6.00. The first-order valence-corrected chi connectivity index (χ1v) is 8.92. The molecule has 27 heavy (non-hydrogen) atoms. The molecule has 0 bridgehead atoms. The molecule has 0 aliphatic rings. The number of nitrogens with one attached hydrogen (secondary N) is 1. The van der Waals surface area contributed by atoms with E-state index in [1.54, 1.807) is 0 Å². The topological polar surface area (TPSA) is 41.5 Å². The maximum atomic E-state index is 10.2. The van der Waals surface area contributed by atoms with Crippen LogP contribution in [0.2, 0.25) is 0 Å². The quantitative estimate of drug-likeness (QED) is 0.586. The van der Waals surface area contributed by atoms with Crippen LogP contribution in [-0.4, -0.2) is 11.7 Å². The number of halogens is 1. The van der Waals surface area contributed by atoms with Crippen LogP contribution in [0.25, 0.3) is 0 Å². The predicted molar refractivity (Wildman–Crippen MR) is 112 cm³/mol. The van der Waals surface area contributed by atoms with Gasteiger partial charge in [-0.05, 0) is 24.1 Å². The van der Waals surface area contributed by atoms with Gasteiger partial charge in [0.05, 0.1) is 6.10 Å². The Kier molecular flexibility index (Phi) is 8.34. The molecule has 0 saturated carbocycles. The number of aliphatic hydroxyl groups excluding tert-OH is 1. The highest BCUT2D eigenvalue weighted by Gasteiger charge is 2.08. The number of rotatable bonds is 8. The van der Waals surface area contributed by atoms with Gasteiger partial charge in [-0.15, -0.1) is 12.4 Å². The molecule has 0 radical (unpaired) electrons. The van der Waals surface area contributed by atoms with Gasteiger partial charge in [0, 0.05) is 18.7 Å². The Morgan fingerprint density at radius 1 is 0.889 bits per heavy atom. The van der Waals surface area contributed by atoms with Gasteiger partial charge in [-0.1, -0.05) is 78.4 Å². The van der Waals surface area contributed by atoms with Crippen molar-refractivity contribution in [3.05, 3.63) is 101 Å². The molecule has 0 aliphatic carbocycles. The molecular weight excluding hydrogens is 358 g/mol. The molecule has 3 aromatic rings. The van der Waals surface area contributed by atoms with Gasteiger partial charge < -0.3 is 15.2 Å². The van der Waals surface area contributed by atoms with E-state index in [0.717, 1.165) is 22.4 Å². The molecule has 2 N–H and O–H groups in total. The Balaban J connectivity index is 0.00000261. The lowest BCUT2D eigenvalue weighted by molar-refractivity contribution is 0.174. The Morgan fingerprint density at radius 3 is 2.30 bits per heavy atom. The Labute approximate surface area is 167 Å². The third-order valence-corrected chi connectivity index (χ3v) is 4.33. The van der Waals surface area contributed by atoms with Crippen molar-refractivity contribution in [1.82, 2.24) is 5.32 Å². The molecule has 4 heteroatoms. The van der Waals surface area contributed by atoms with Crippen molar-refractivity contribution < 1.29 is 9.84 Å². The molecule has 0 aromatic heterocycles. The van der Waals surface area contributed by atoms with Crippen molar-refractivity contribution >= 4 is 12.4 Å². The van der Waals surface area contributed by atoms with E-state index in [-0.39, 0.29) is 12.4 Å². The van der Waals surface area contributed by atoms with E-state index in [9.17, 15) is 5.11 Å². The SMILES string of the molecule is Cc1ccc(COc2ccccc2CNCC(O)c2ccccc2)cc1.Cl. The summed E-state index contributed by atoms with van der Waals surface area (Å²) in [7, 11) is 0. The smallest absolute Gasteiger partial charge is 0.124 e. The lowest BCUT2D eigenvalue weighted by Gasteiger charge is -2.15. The zero-order valence-corrected chi connectivity index (χ0v) is 16.3. The molecular formula is C23H26ClNO2. The highest BCUT2D eigenvalue weighted by Crippen LogP contribution is 2.20.